The second kappa shape index (κ2) is 7.29. The van der Waals surface area contributed by atoms with Gasteiger partial charge in [0, 0.05) is 16.3 Å². The topological polar surface area (TPSA) is 57.7 Å². The third-order valence-corrected chi connectivity index (χ3v) is 8.45. The minimum Gasteiger partial charge on any atom is -0.289 e. The molecule has 5 aliphatic rings. The van der Waals surface area contributed by atoms with Crippen LogP contribution in [-0.4, -0.2) is 29.3 Å². The van der Waals surface area contributed by atoms with E-state index in [1.165, 1.54) is 9.80 Å². The van der Waals surface area contributed by atoms with Crippen molar-refractivity contribution in [2.24, 2.45) is 35.5 Å². The maximum Gasteiger partial charge on any atom is 0.259 e. The smallest absolute Gasteiger partial charge is 0.259 e. The highest BCUT2D eigenvalue weighted by atomic mass is 35.5. The molecule has 2 bridgehead atoms. The molecule has 0 N–H and O–H groups in total. The summed E-state index contributed by atoms with van der Waals surface area (Å²) in [4.78, 5) is 43.4. The first-order chi connectivity index (χ1) is 15.8. The van der Waals surface area contributed by atoms with Crippen LogP contribution in [-0.2, 0) is 9.59 Å². The highest BCUT2D eigenvalue weighted by molar-refractivity contribution is 6.31. The van der Waals surface area contributed by atoms with E-state index in [2.05, 4.69) is 12.2 Å². The zero-order chi connectivity index (χ0) is 23.0. The molecule has 2 saturated carbocycles. The predicted molar refractivity (Wildman–Crippen MR) is 126 cm³/mol. The van der Waals surface area contributed by atoms with Crippen molar-refractivity contribution in [1.29, 1.82) is 0 Å². The number of carbonyl (C=O) groups excluding carboxylic acids is 3. The molecule has 6 unspecified atom stereocenters. The molecule has 3 amide bonds. The van der Waals surface area contributed by atoms with Gasteiger partial charge in [-0.25, -0.2) is 0 Å². The molecule has 0 spiro atoms. The quantitative estimate of drug-likeness (QED) is 0.494. The van der Waals surface area contributed by atoms with Gasteiger partial charge in [-0.3, -0.25) is 24.2 Å². The highest BCUT2D eigenvalue weighted by Gasteiger charge is 2.67. The standard InChI is InChI=1S/C27H25ClN2O3/c1-14-3-6-16(7-4-14)25(31)29(17-8-5-15(2)22(28)11-17)13-30-26(32)23-18-9-10-19(21-12-20(18)21)24(23)27(30)33/h3-11,18-21,23-24H,12-13H2,1-2H3. The molecule has 0 radical (unpaired) electrons. The van der Waals surface area contributed by atoms with Crippen LogP contribution in [0.4, 0.5) is 5.69 Å². The molecule has 1 heterocycles. The van der Waals surface area contributed by atoms with Crippen molar-refractivity contribution >= 4 is 35.0 Å². The number of halogens is 1. The summed E-state index contributed by atoms with van der Waals surface area (Å²) in [5.41, 5.74) is 3.00. The summed E-state index contributed by atoms with van der Waals surface area (Å²) in [6, 6.07) is 12.7. The molecule has 0 aromatic heterocycles. The Kier molecular flexibility index (Phi) is 4.57. The van der Waals surface area contributed by atoms with Crippen LogP contribution in [0.3, 0.4) is 0 Å². The van der Waals surface area contributed by atoms with Gasteiger partial charge < -0.3 is 0 Å². The Bertz CT molecular complexity index is 1180. The van der Waals surface area contributed by atoms with E-state index in [9.17, 15) is 14.4 Å². The normalized spacial score (nSPS) is 30.9. The molecule has 2 aromatic carbocycles. The van der Waals surface area contributed by atoms with Crippen molar-refractivity contribution < 1.29 is 14.4 Å². The number of carbonyl (C=O) groups is 3. The molecule has 5 nitrogen and oxygen atoms in total. The number of aryl methyl sites for hydroxylation is 2. The molecule has 6 atom stereocenters. The maximum absolute atomic E-state index is 13.6. The fraction of sp³-hybridized carbons (Fsp3) is 0.370. The Morgan fingerprint density at radius 1 is 0.970 bits per heavy atom. The van der Waals surface area contributed by atoms with Gasteiger partial charge in [0.05, 0.1) is 11.8 Å². The first-order valence-electron chi connectivity index (χ1n) is 11.5. The predicted octanol–water partition coefficient (Wildman–Crippen LogP) is 4.61. The molecule has 3 fully saturated rings. The third kappa shape index (κ3) is 3.09. The van der Waals surface area contributed by atoms with Crippen LogP contribution in [0.1, 0.15) is 27.9 Å². The van der Waals surface area contributed by atoms with Gasteiger partial charge in [-0.2, -0.15) is 0 Å². The van der Waals surface area contributed by atoms with Crippen molar-refractivity contribution in [2.45, 2.75) is 20.3 Å². The summed E-state index contributed by atoms with van der Waals surface area (Å²) < 4.78 is 0. The van der Waals surface area contributed by atoms with E-state index >= 15 is 0 Å². The van der Waals surface area contributed by atoms with Gasteiger partial charge in [0.15, 0.2) is 0 Å². The summed E-state index contributed by atoms with van der Waals surface area (Å²) in [7, 11) is 0. The number of allylic oxidation sites excluding steroid dienone is 2. The molecule has 33 heavy (non-hydrogen) atoms. The number of hydrogen-bond donors (Lipinski definition) is 0. The van der Waals surface area contributed by atoms with Crippen molar-refractivity contribution in [3.8, 4) is 0 Å². The summed E-state index contributed by atoms with van der Waals surface area (Å²) in [5, 5.41) is 0.532. The number of amides is 3. The van der Waals surface area contributed by atoms with Gasteiger partial charge in [-0.05, 0) is 73.8 Å². The average molecular weight is 461 g/mol. The van der Waals surface area contributed by atoms with Gasteiger partial charge >= 0.3 is 0 Å². The molecule has 6 heteroatoms. The monoisotopic (exact) mass is 460 g/mol. The third-order valence-electron chi connectivity index (χ3n) is 8.05. The number of anilines is 1. The zero-order valence-corrected chi connectivity index (χ0v) is 19.3. The number of nitrogens with zero attached hydrogens (tertiary/aromatic N) is 2. The van der Waals surface area contributed by atoms with Crippen LogP contribution in [0.25, 0.3) is 0 Å². The molecule has 2 aromatic rings. The van der Waals surface area contributed by atoms with Gasteiger partial charge in [0.1, 0.15) is 6.67 Å². The fourth-order valence-corrected chi connectivity index (χ4v) is 6.34. The molecule has 1 saturated heterocycles. The van der Waals surface area contributed by atoms with Crippen molar-refractivity contribution in [3.05, 3.63) is 76.3 Å². The van der Waals surface area contributed by atoms with Crippen LogP contribution in [0.5, 0.6) is 0 Å². The van der Waals surface area contributed by atoms with E-state index in [1.807, 2.05) is 38.1 Å². The van der Waals surface area contributed by atoms with Crippen molar-refractivity contribution in [1.82, 2.24) is 4.90 Å². The van der Waals surface area contributed by atoms with Crippen LogP contribution in [0.2, 0.25) is 5.02 Å². The summed E-state index contributed by atoms with van der Waals surface area (Å²) in [5.74, 6) is 0.267. The number of imide groups is 1. The molecule has 168 valence electrons. The lowest BCUT2D eigenvalue weighted by Gasteiger charge is -2.37. The minimum absolute atomic E-state index is 0.106. The molecule has 4 aliphatic carbocycles. The van der Waals surface area contributed by atoms with E-state index in [0.717, 1.165) is 17.5 Å². The van der Waals surface area contributed by atoms with Gasteiger partial charge in [0.2, 0.25) is 11.8 Å². The second-order valence-electron chi connectivity index (χ2n) is 9.93. The fourth-order valence-electron chi connectivity index (χ4n) is 6.16. The van der Waals surface area contributed by atoms with E-state index < -0.39 is 0 Å². The minimum atomic E-state index is -0.283. The number of benzene rings is 2. The summed E-state index contributed by atoms with van der Waals surface area (Å²) in [6.45, 7) is 3.75. The number of rotatable bonds is 4. The van der Waals surface area contributed by atoms with Crippen LogP contribution in [0, 0.1) is 49.4 Å². The lowest BCUT2D eigenvalue weighted by molar-refractivity contribution is -0.140. The molecular formula is C27H25ClN2O3. The highest BCUT2D eigenvalue weighted by Crippen LogP contribution is 2.65. The lowest BCUT2D eigenvalue weighted by Crippen LogP contribution is -2.45. The van der Waals surface area contributed by atoms with Crippen LogP contribution < -0.4 is 4.90 Å². The Morgan fingerprint density at radius 2 is 1.58 bits per heavy atom. The Morgan fingerprint density at radius 3 is 2.15 bits per heavy atom. The maximum atomic E-state index is 13.6. The van der Waals surface area contributed by atoms with E-state index in [-0.39, 0.29) is 48.1 Å². The second-order valence-corrected chi connectivity index (χ2v) is 10.3. The SMILES string of the molecule is Cc1ccc(C(=O)N(CN2C(=O)C3C4C=CC(C5CC45)C3C2=O)c2ccc(C)c(Cl)c2)cc1. The van der Waals surface area contributed by atoms with Crippen molar-refractivity contribution in [3.63, 3.8) is 0 Å². The lowest BCUT2D eigenvalue weighted by atomic mass is 9.63. The van der Waals surface area contributed by atoms with Crippen LogP contribution in [0.15, 0.2) is 54.6 Å². The first-order valence-corrected chi connectivity index (χ1v) is 11.9. The Balaban J connectivity index is 1.35. The van der Waals surface area contributed by atoms with Gasteiger partial charge in [-0.15, -0.1) is 0 Å². The first kappa shape index (κ1) is 20.7. The number of hydrogen-bond acceptors (Lipinski definition) is 3. The Hall–Kier alpha value is -2.92. The average Bonchev–Trinajstić information content (AvgIpc) is 3.59. The Labute approximate surface area is 198 Å². The van der Waals surface area contributed by atoms with E-state index in [1.54, 1.807) is 18.2 Å². The van der Waals surface area contributed by atoms with E-state index in [0.29, 0.717) is 28.1 Å². The van der Waals surface area contributed by atoms with Crippen LogP contribution >= 0.6 is 11.6 Å². The van der Waals surface area contributed by atoms with Crippen molar-refractivity contribution in [2.75, 3.05) is 11.6 Å². The zero-order valence-electron chi connectivity index (χ0n) is 18.6. The molecule has 1 aliphatic heterocycles. The molecule has 7 rings (SSSR count). The largest absolute Gasteiger partial charge is 0.289 e. The molecular weight excluding hydrogens is 436 g/mol. The van der Waals surface area contributed by atoms with Gasteiger partial charge in [0.25, 0.3) is 5.91 Å². The summed E-state index contributed by atoms with van der Waals surface area (Å²) in [6.07, 6.45) is 5.43. The van der Waals surface area contributed by atoms with E-state index in [4.69, 9.17) is 11.6 Å². The summed E-state index contributed by atoms with van der Waals surface area (Å²) >= 11 is 6.38. The van der Waals surface area contributed by atoms with Gasteiger partial charge in [-0.1, -0.05) is 47.5 Å². The number of likely N-dealkylation sites (tertiary alicyclic amines) is 1.